The molecule has 0 aromatic heterocycles. The molecule has 1 heterocycles. The third kappa shape index (κ3) is 20.0. The molecule has 1 aromatic carbocycles. The van der Waals surface area contributed by atoms with Gasteiger partial charge in [-0.25, -0.2) is 0 Å². The minimum atomic E-state index is -0.484. The number of benzene rings is 1. The van der Waals surface area contributed by atoms with E-state index in [9.17, 15) is 19.2 Å². The fraction of sp³-hybridized carbons (Fsp3) is 0.744. The Kier molecular flexibility index (Phi) is 29.1. The number of carbonyl (C=O) groups is 4. The number of amides is 4. The van der Waals surface area contributed by atoms with Crippen LogP contribution in [0.5, 0.6) is 0 Å². The minimum Gasteiger partial charge on any atom is -0.400 e. The van der Waals surface area contributed by atoms with E-state index in [1.807, 2.05) is 64.6 Å². The topological polar surface area (TPSA) is 149 Å². The Morgan fingerprint density at radius 2 is 1.54 bits per heavy atom. The van der Waals surface area contributed by atoms with Gasteiger partial charge in [0.1, 0.15) is 6.04 Å². The van der Waals surface area contributed by atoms with Crippen LogP contribution in [0.1, 0.15) is 106 Å². The van der Waals surface area contributed by atoms with Gasteiger partial charge in [-0.15, -0.1) is 0 Å². The summed E-state index contributed by atoms with van der Waals surface area (Å²) in [5.41, 5.74) is 1.23. The zero-order valence-corrected chi connectivity index (χ0v) is 33.4. The Labute approximate surface area is 304 Å². The zero-order valence-electron chi connectivity index (χ0n) is 33.4. The molecule has 1 saturated heterocycles. The Hall–Kier alpha value is -3.02. The van der Waals surface area contributed by atoms with Gasteiger partial charge in [-0.1, -0.05) is 92.1 Å². The van der Waals surface area contributed by atoms with Crippen LogP contribution in [-0.4, -0.2) is 99.3 Å². The van der Waals surface area contributed by atoms with E-state index >= 15 is 0 Å². The highest BCUT2D eigenvalue weighted by Gasteiger charge is 2.31. The van der Waals surface area contributed by atoms with Crippen molar-refractivity contribution < 1.29 is 29.0 Å². The number of ether oxygens (including phenoxy) is 1. The van der Waals surface area contributed by atoms with E-state index < -0.39 is 6.04 Å². The maximum Gasteiger partial charge on any atom is 0.242 e. The molecular weight excluding hydrogens is 634 g/mol. The lowest BCUT2D eigenvalue weighted by atomic mass is 9.98. The molecule has 1 fully saturated rings. The minimum absolute atomic E-state index is 0.0139. The summed E-state index contributed by atoms with van der Waals surface area (Å²) in [5.74, 6) is 0.749. The third-order valence-corrected chi connectivity index (χ3v) is 8.83. The molecule has 50 heavy (non-hydrogen) atoms. The Bertz CT molecular complexity index is 1040. The highest BCUT2D eigenvalue weighted by Crippen LogP contribution is 2.24. The quantitative estimate of drug-likeness (QED) is 0.148. The monoisotopic (exact) mass is 708 g/mol. The van der Waals surface area contributed by atoms with Crippen molar-refractivity contribution in [3.05, 3.63) is 35.9 Å². The Balaban J connectivity index is 0. The van der Waals surface area contributed by atoms with E-state index in [1.54, 1.807) is 21.2 Å². The average Bonchev–Trinajstić information content (AvgIpc) is 3.60. The molecule has 1 aromatic rings. The molecule has 11 nitrogen and oxygen atoms in total. The number of methoxy groups -OCH3 is 1. The van der Waals surface area contributed by atoms with Crippen molar-refractivity contribution in [2.45, 2.75) is 131 Å². The van der Waals surface area contributed by atoms with E-state index in [0.717, 1.165) is 52.2 Å². The maximum absolute atomic E-state index is 12.8. The fourth-order valence-corrected chi connectivity index (χ4v) is 5.73. The smallest absolute Gasteiger partial charge is 0.242 e. The van der Waals surface area contributed by atoms with Gasteiger partial charge >= 0.3 is 0 Å². The number of carbonyl (C=O) groups excluding carboxylic acids is 4. The normalized spacial score (nSPS) is 15.9. The van der Waals surface area contributed by atoms with Crippen LogP contribution in [0.4, 0.5) is 0 Å². The number of aliphatic hydroxyl groups excluding tert-OH is 1. The van der Waals surface area contributed by atoms with Gasteiger partial charge in [-0.2, -0.15) is 0 Å². The molecule has 5 atom stereocenters. The lowest BCUT2D eigenvalue weighted by molar-refractivity contribution is -0.135. The average molecular weight is 708 g/mol. The molecule has 290 valence electrons. The van der Waals surface area contributed by atoms with Crippen LogP contribution in [0, 0.1) is 17.8 Å². The number of hydrogen-bond donors (Lipinski definition) is 5. The number of nitrogens with zero attached hydrogens (tertiary/aromatic N) is 1. The van der Waals surface area contributed by atoms with Crippen molar-refractivity contribution in [1.29, 1.82) is 0 Å². The summed E-state index contributed by atoms with van der Waals surface area (Å²) in [7, 11) is 6.01. The highest BCUT2D eigenvalue weighted by atomic mass is 16.5. The van der Waals surface area contributed by atoms with Crippen LogP contribution < -0.4 is 21.3 Å². The Morgan fingerprint density at radius 1 is 0.940 bits per heavy atom. The highest BCUT2D eigenvalue weighted by molar-refractivity contribution is 5.90. The van der Waals surface area contributed by atoms with Gasteiger partial charge in [0, 0.05) is 46.8 Å². The molecule has 0 bridgehead atoms. The van der Waals surface area contributed by atoms with E-state index in [-0.39, 0.29) is 53.7 Å². The fourth-order valence-electron chi connectivity index (χ4n) is 5.73. The first kappa shape index (κ1) is 49.1. The number of nitrogens with one attached hydrogen (secondary N) is 4. The number of likely N-dealkylation sites (tertiary alicyclic amines) is 1. The van der Waals surface area contributed by atoms with E-state index in [2.05, 4.69) is 47.2 Å². The van der Waals surface area contributed by atoms with E-state index in [0.29, 0.717) is 25.3 Å². The molecule has 2 rings (SSSR count). The maximum atomic E-state index is 12.8. The molecular formula is C39H73N5O6. The second kappa shape index (κ2) is 29.7. The van der Waals surface area contributed by atoms with Gasteiger partial charge in [0.2, 0.25) is 23.6 Å². The molecule has 1 aliphatic heterocycles. The number of likely N-dealkylation sites (N-methyl/N-ethyl adjacent to an activating group) is 2. The second-order valence-electron chi connectivity index (χ2n) is 13.2. The molecule has 5 unspecified atom stereocenters. The van der Waals surface area contributed by atoms with Crippen molar-refractivity contribution in [3.63, 3.8) is 0 Å². The first-order valence-electron chi connectivity index (χ1n) is 18.6. The summed E-state index contributed by atoms with van der Waals surface area (Å²) < 4.78 is 5.56. The van der Waals surface area contributed by atoms with Crippen LogP contribution in [-0.2, 0) is 30.3 Å². The lowest BCUT2D eigenvalue weighted by Crippen LogP contribution is -2.55. The molecule has 11 heteroatoms. The summed E-state index contributed by atoms with van der Waals surface area (Å²) in [6.07, 6.45) is 6.52. The van der Waals surface area contributed by atoms with Gasteiger partial charge in [0.15, 0.2) is 0 Å². The third-order valence-electron chi connectivity index (χ3n) is 8.83. The van der Waals surface area contributed by atoms with Crippen LogP contribution in [0.25, 0.3) is 0 Å². The predicted octanol–water partition coefficient (Wildman–Crippen LogP) is 4.71. The van der Waals surface area contributed by atoms with Crippen molar-refractivity contribution in [2.24, 2.45) is 17.8 Å². The summed E-state index contributed by atoms with van der Waals surface area (Å²) in [6, 6.07) is 9.59. The zero-order chi connectivity index (χ0) is 38.6. The largest absolute Gasteiger partial charge is 0.400 e. The summed E-state index contributed by atoms with van der Waals surface area (Å²) >= 11 is 0. The van der Waals surface area contributed by atoms with Crippen LogP contribution in [0.3, 0.4) is 0 Å². The molecule has 0 spiro atoms. The molecule has 1 aliphatic rings. The first-order valence-corrected chi connectivity index (χ1v) is 18.6. The van der Waals surface area contributed by atoms with Crippen molar-refractivity contribution >= 4 is 23.6 Å². The van der Waals surface area contributed by atoms with E-state index in [4.69, 9.17) is 9.84 Å². The molecule has 5 N–H and O–H groups in total. The van der Waals surface area contributed by atoms with Crippen molar-refractivity contribution in [1.82, 2.24) is 26.2 Å². The van der Waals surface area contributed by atoms with Gasteiger partial charge in [-0.05, 0) is 62.5 Å². The van der Waals surface area contributed by atoms with Crippen LogP contribution in [0.15, 0.2) is 30.3 Å². The summed E-state index contributed by atoms with van der Waals surface area (Å²) in [4.78, 5) is 50.6. The number of aliphatic hydroxyl groups is 1. The van der Waals surface area contributed by atoms with Crippen molar-refractivity contribution in [2.75, 3.05) is 41.4 Å². The standard InChI is InChI=1S/C24H38N2O3.C12H25N3O2.C2H6.CH4O/c1-4-19(2)17-22(29-3)18-24(28)26-16-8-11-21(26)12-13-23(27)25-15-14-20-9-6-5-7-10-20;1-7(2)9(13-5)12(17)15-10(8(3)4)11(16)14-6;2*1-2/h5-7,9-10,19,21-22H,4,8,11-18H2,1-3H3,(H,25,27);7-10,13H,1-6H3,(H,14,16)(H,15,17);1-2H3;2H,1H3. The molecule has 0 radical (unpaired) electrons. The van der Waals surface area contributed by atoms with E-state index in [1.165, 1.54) is 5.56 Å². The van der Waals surface area contributed by atoms with Gasteiger partial charge in [0.25, 0.3) is 0 Å². The van der Waals surface area contributed by atoms with Crippen LogP contribution >= 0.6 is 0 Å². The van der Waals surface area contributed by atoms with Gasteiger partial charge in [-0.3, -0.25) is 19.2 Å². The lowest BCUT2D eigenvalue weighted by Gasteiger charge is -2.27. The molecule has 0 aliphatic carbocycles. The summed E-state index contributed by atoms with van der Waals surface area (Å²) in [6.45, 7) is 17.6. The molecule has 4 amide bonds. The molecule has 0 saturated carbocycles. The van der Waals surface area contributed by atoms with Crippen LogP contribution in [0.2, 0.25) is 0 Å². The Morgan fingerprint density at radius 3 is 2.04 bits per heavy atom. The number of hydrogen-bond acceptors (Lipinski definition) is 7. The first-order chi connectivity index (χ1) is 23.9. The van der Waals surface area contributed by atoms with Gasteiger partial charge in [0.05, 0.1) is 18.6 Å². The second-order valence-corrected chi connectivity index (χ2v) is 13.2. The SMILES string of the molecule is CC.CCC(C)CC(CC(=O)N1CCCC1CCC(=O)NCCc1ccccc1)OC.CNC(=O)C(NC(=O)C(NC)C(C)C)C(C)C.CO. The predicted molar refractivity (Wildman–Crippen MR) is 205 cm³/mol. The van der Waals surface area contributed by atoms with Crippen molar-refractivity contribution in [3.8, 4) is 0 Å². The van der Waals surface area contributed by atoms with Gasteiger partial charge < -0.3 is 36.0 Å². The number of rotatable bonds is 18. The summed E-state index contributed by atoms with van der Waals surface area (Å²) in [5, 5.41) is 18.3.